The summed E-state index contributed by atoms with van der Waals surface area (Å²) in [4.78, 5) is 25.2. The maximum absolute atomic E-state index is 12.1. The van der Waals surface area contributed by atoms with Crippen molar-refractivity contribution in [1.82, 2.24) is 10.2 Å². The molecule has 1 aliphatic rings. The van der Waals surface area contributed by atoms with E-state index in [0.29, 0.717) is 13.1 Å². The maximum atomic E-state index is 12.1. The van der Waals surface area contributed by atoms with E-state index >= 15 is 0 Å². The number of amides is 2. The Hall–Kier alpha value is -2.30. The number of aryl methyl sites for hydroxylation is 1. The van der Waals surface area contributed by atoms with Gasteiger partial charge in [-0.25, -0.2) is 4.79 Å². The lowest BCUT2D eigenvalue weighted by Crippen LogP contribution is -2.46. The Morgan fingerprint density at radius 2 is 1.92 bits per heavy atom. The number of nitrogens with one attached hydrogen (secondary N) is 1. The second-order valence-electron chi connectivity index (χ2n) is 6.22. The molecule has 130 valence electrons. The Morgan fingerprint density at radius 1 is 1.25 bits per heavy atom. The first-order chi connectivity index (χ1) is 11.6. The number of hydrogen-bond donors (Lipinski definition) is 1. The van der Waals surface area contributed by atoms with Crippen LogP contribution in [0.1, 0.15) is 31.7 Å². The third kappa shape index (κ3) is 5.72. The molecular weight excluding hydrogens is 304 g/mol. The molecule has 1 aromatic rings. The summed E-state index contributed by atoms with van der Waals surface area (Å²) in [5, 5.41) is 3.03. The molecule has 1 fully saturated rings. The summed E-state index contributed by atoms with van der Waals surface area (Å²) in [7, 11) is 1.39. The number of nitrogens with zero attached hydrogens (tertiary/aromatic N) is 1. The Balaban J connectivity index is 1.73. The molecule has 0 bridgehead atoms. The molecule has 2 rings (SSSR count). The monoisotopic (exact) mass is 330 g/mol. The second-order valence-corrected chi connectivity index (χ2v) is 6.22. The van der Waals surface area contributed by atoms with Crippen molar-refractivity contribution in [2.45, 2.75) is 38.6 Å². The molecule has 0 atom stereocenters. The standard InChI is InChI=1S/C19H26N2O3/c1-15(8-9-16-6-4-3-5-7-16)14-18(22)20-17-10-12-21(13-11-17)19(23)24-2/h3-7,14,17H,8-13H2,1-2H3,(H,20,22). The van der Waals surface area contributed by atoms with Gasteiger partial charge in [0.15, 0.2) is 0 Å². The van der Waals surface area contributed by atoms with Gasteiger partial charge >= 0.3 is 6.09 Å². The van der Waals surface area contributed by atoms with Crippen molar-refractivity contribution < 1.29 is 14.3 Å². The van der Waals surface area contributed by atoms with Crippen LogP contribution < -0.4 is 5.32 Å². The topological polar surface area (TPSA) is 58.6 Å². The minimum atomic E-state index is -0.295. The van der Waals surface area contributed by atoms with Gasteiger partial charge in [-0.2, -0.15) is 0 Å². The summed E-state index contributed by atoms with van der Waals surface area (Å²) < 4.78 is 4.71. The molecule has 1 aliphatic heterocycles. The quantitative estimate of drug-likeness (QED) is 0.845. The Morgan fingerprint density at radius 3 is 2.54 bits per heavy atom. The van der Waals surface area contributed by atoms with E-state index in [9.17, 15) is 9.59 Å². The minimum absolute atomic E-state index is 0.0444. The lowest BCUT2D eigenvalue weighted by Gasteiger charge is -2.31. The molecule has 24 heavy (non-hydrogen) atoms. The van der Waals surface area contributed by atoms with Gasteiger partial charge in [-0.05, 0) is 38.2 Å². The largest absolute Gasteiger partial charge is 0.453 e. The molecule has 2 amide bonds. The maximum Gasteiger partial charge on any atom is 0.409 e. The first kappa shape index (κ1) is 18.0. The number of likely N-dealkylation sites (tertiary alicyclic amines) is 1. The van der Waals surface area contributed by atoms with E-state index in [1.165, 1.54) is 12.7 Å². The zero-order chi connectivity index (χ0) is 17.4. The predicted octanol–water partition coefficient (Wildman–Crippen LogP) is 2.91. The van der Waals surface area contributed by atoms with Gasteiger partial charge in [0.2, 0.25) is 5.91 Å². The van der Waals surface area contributed by atoms with E-state index in [1.54, 1.807) is 11.0 Å². The second kappa shape index (κ2) is 9.11. The highest BCUT2D eigenvalue weighted by Crippen LogP contribution is 2.12. The summed E-state index contributed by atoms with van der Waals surface area (Å²) in [6, 6.07) is 10.4. The van der Waals surface area contributed by atoms with Crippen LogP contribution >= 0.6 is 0 Å². The van der Waals surface area contributed by atoms with Crippen LogP contribution in [0.4, 0.5) is 4.79 Å². The molecule has 1 heterocycles. The van der Waals surface area contributed by atoms with Crippen molar-refractivity contribution in [2.75, 3.05) is 20.2 Å². The van der Waals surface area contributed by atoms with Crippen molar-refractivity contribution in [3.63, 3.8) is 0 Å². The lowest BCUT2D eigenvalue weighted by molar-refractivity contribution is -0.117. The minimum Gasteiger partial charge on any atom is -0.453 e. The van der Waals surface area contributed by atoms with Crippen molar-refractivity contribution in [3.8, 4) is 0 Å². The summed E-state index contributed by atoms with van der Waals surface area (Å²) in [6.45, 7) is 3.23. The number of benzene rings is 1. The van der Waals surface area contributed by atoms with Gasteiger partial charge in [-0.15, -0.1) is 0 Å². The fourth-order valence-corrected chi connectivity index (χ4v) is 2.86. The smallest absolute Gasteiger partial charge is 0.409 e. The average molecular weight is 330 g/mol. The zero-order valence-corrected chi connectivity index (χ0v) is 14.5. The van der Waals surface area contributed by atoms with Crippen LogP contribution in [0.3, 0.4) is 0 Å². The summed E-state index contributed by atoms with van der Waals surface area (Å²) in [6.07, 6.45) is 4.73. The third-order valence-electron chi connectivity index (χ3n) is 4.30. The molecule has 1 saturated heterocycles. The third-order valence-corrected chi connectivity index (χ3v) is 4.30. The number of allylic oxidation sites excluding steroid dienone is 1. The molecule has 0 aromatic heterocycles. The molecule has 1 N–H and O–H groups in total. The van der Waals surface area contributed by atoms with E-state index < -0.39 is 0 Å². The van der Waals surface area contributed by atoms with Crippen LogP contribution in [0.25, 0.3) is 0 Å². The van der Waals surface area contributed by atoms with Crippen molar-refractivity contribution >= 4 is 12.0 Å². The fraction of sp³-hybridized carbons (Fsp3) is 0.474. The zero-order valence-electron chi connectivity index (χ0n) is 14.5. The fourth-order valence-electron chi connectivity index (χ4n) is 2.86. The number of rotatable bonds is 5. The molecule has 0 saturated carbocycles. The Labute approximate surface area is 143 Å². The highest BCUT2D eigenvalue weighted by Gasteiger charge is 2.23. The van der Waals surface area contributed by atoms with E-state index in [0.717, 1.165) is 31.3 Å². The SMILES string of the molecule is COC(=O)N1CCC(NC(=O)C=C(C)CCc2ccccc2)CC1. The Bertz CT molecular complexity index is 576. The molecule has 5 nitrogen and oxygen atoms in total. The molecule has 0 aliphatic carbocycles. The molecule has 0 spiro atoms. The first-order valence-corrected chi connectivity index (χ1v) is 8.43. The van der Waals surface area contributed by atoms with Gasteiger partial charge < -0.3 is 15.0 Å². The number of methoxy groups -OCH3 is 1. The Kier molecular flexibility index (Phi) is 6.85. The highest BCUT2D eigenvalue weighted by molar-refractivity contribution is 5.88. The number of carbonyl (C=O) groups excluding carboxylic acids is 2. The summed E-state index contributed by atoms with van der Waals surface area (Å²) in [5.41, 5.74) is 2.35. The summed E-state index contributed by atoms with van der Waals surface area (Å²) >= 11 is 0. The number of ether oxygens (including phenoxy) is 1. The molecule has 5 heteroatoms. The molecule has 1 aromatic carbocycles. The van der Waals surface area contributed by atoms with E-state index in [1.807, 2.05) is 25.1 Å². The van der Waals surface area contributed by atoms with Crippen molar-refractivity contribution in [2.24, 2.45) is 0 Å². The van der Waals surface area contributed by atoms with Gasteiger partial charge in [-0.3, -0.25) is 4.79 Å². The van der Waals surface area contributed by atoms with Crippen LogP contribution in [0.15, 0.2) is 42.0 Å². The molecule has 0 radical (unpaired) electrons. The molecule has 0 unspecified atom stereocenters. The lowest BCUT2D eigenvalue weighted by atomic mass is 10.0. The van der Waals surface area contributed by atoms with Gasteiger partial charge in [0, 0.05) is 25.2 Å². The first-order valence-electron chi connectivity index (χ1n) is 8.43. The van der Waals surface area contributed by atoms with Crippen molar-refractivity contribution in [3.05, 3.63) is 47.5 Å². The van der Waals surface area contributed by atoms with Crippen LogP contribution in [-0.2, 0) is 16.0 Å². The van der Waals surface area contributed by atoms with Crippen LogP contribution in [0, 0.1) is 0 Å². The van der Waals surface area contributed by atoms with Crippen LogP contribution in [0.5, 0.6) is 0 Å². The van der Waals surface area contributed by atoms with Crippen LogP contribution in [-0.4, -0.2) is 43.1 Å². The molecular formula is C19H26N2O3. The predicted molar refractivity (Wildman–Crippen MR) is 93.7 cm³/mol. The van der Waals surface area contributed by atoms with Gasteiger partial charge in [0.25, 0.3) is 0 Å². The van der Waals surface area contributed by atoms with Crippen molar-refractivity contribution in [1.29, 1.82) is 0 Å². The van der Waals surface area contributed by atoms with Gasteiger partial charge in [0.1, 0.15) is 0 Å². The van der Waals surface area contributed by atoms with E-state index in [-0.39, 0.29) is 18.0 Å². The van der Waals surface area contributed by atoms with Gasteiger partial charge in [0.05, 0.1) is 7.11 Å². The highest BCUT2D eigenvalue weighted by atomic mass is 16.5. The number of hydrogen-bond acceptors (Lipinski definition) is 3. The van der Waals surface area contributed by atoms with Gasteiger partial charge in [-0.1, -0.05) is 35.9 Å². The normalized spacial score (nSPS) is 15.9. The number of carbonyl (C=O) groups is 2. The van der Waals surface area contributed by atoms with Crippen LogP contribution in [0.2, 0.25) is 0 Å². The van der Waals surface area contributed by atoms with E-state index in [2.05, 4.69) is 17.4 Å². The number of piperidine rings is 1. The van der Waals surface area contributed by atoms with E-state index in [4.69, 9.17) is 4.74 Å². The average Bonchev–Trinajstić information content (AvgIpc) is 2.60. The summed E-state index contributed by atoms with van der Waals surface area (Å²) in [5.74, 6) is -0.0444.